The third kappa shape index (κ3) is 3.44. The van der Waals surface area contributed by atoms with Crippen LogP contribution in [-0.2, 0) is 9.53 Å². The van der Waals surface area contributed by atoms with Crippen LogP contribution in [0.1, 0.15) is 0 Å². The Morgan fingerprint density at radius 3 is 2.44 bits per heavy atom. The molecule has 9 heteroatoms. The van der Waals surface area contributed by atoms with Gasteiger partial charge in [0.15, 0.2) is 0 Å². The number of methoxy groups -OCH3 is 1. The molecule has 27 heavy (non-hydrogen) atoms. The van der Waals surface area contributed by atoms with Gasteiger partial charge in [0.25, 0.3) is 0 Å². The summed E-state index contributed by atoms with van der Waals surface area (Å²) >= 11 is 0. The largest absolute Gasteiger partial charge is 0.464 e. The first kappa shape index (κ1) is 18.3. The van der Waals surface area contributed by atoms with Crippen molar-refractivity contribution < 1.29 is 22.7 Å². The number of hydrogen-bond acceptors (Lipinski definition) is 5. The van der Waals surface area contributed by atoms with Gasteiger partial charge in [0.2, 0.25) is 0 Å². The molecule has 0 atom stereocenters. The molecular formula is C18H15F3N4O2. The van der Waals surface area contributed by atoms with E-state index in [1.807, 2.05) is 0 Å². The zero-order valence-electron chi connectivity index (χ0n) is 14.1. The molecule has 5 N–H and O–H groups in total. The number of nitrogens with two attached hydrogens (primary N) is 2. The van der Waals surface area contributed by atoms with Gasteiger partial charge in [-0.05, 0) is 30.3 Å². The molecule has 2 aromatic carbocycles. The lowest BCUT2D eigenvalue weighted by Gasteiger charge is -2.16. The number of rotatable bonds is 4. The first-order valence-electron chi connectivity index (χ1n) is 7.68. The normalized spacial score (nSPS) is 11.7. The summed E-state index contributed by atoms with van der Waals surface area (Å²) in [4.78, 5) is 14.3. The highest BCUT2D eigenvalue weighted by Gasteiger charge is 2.21. The molecule has 0 spiro atoms. The smallest absolute Gasteiger partial charge is 0.355 e. The lowest BCUT2D eigenvalue weighted by Crippen LogP contribution is -2.28. The van der Waals surface area contributed by atoms with E-state index in [0.29, 0.717) is 5.56 Å². The van der Waals surface area contributed by atoms with Crippen LogP contribution >= 0.6 is 0 Å². The van der Waals surface area contributed by atoms with Crippen LogP contribution in [0.15, 0.2) is 48.3 Å². The zero-order valence-corrected chi connectivity index (χ0v) is 14.1. The number of carbonyl (C=O) groups excluding carboxylic acids is 1. The topological polar surface area (TPSA) is 97.4 Å². The summed E-state index contributed by atoms with van der Waals surface area (Å²) in [6, 6.07) is 7.11. The van der Waals surface area contributed by atoms with Crippen LogP contribution in [0.5, 0.6) is 0 Å². The van der Waals surface area contributed by atoms with E-state index >= 15 is 0 Å². The molecule has 3 aromatic rings. The average Bonchev–Trinajstić information content (AvgIpc) is 3.01. The Morgan fingerprint density at radius 2 is 1.81 bits per heavy atom. The monoisotopic (exact) mass is 376 g/mol. The van der Waals surface area contributed by atoms with Gasteiger partial charge in [-0.25, -0.2) is 23.8 Å². The summed E-state index contributed by atoms with van der Waals surface area (Å²) in [5, 5.41) is 1.06. The van der Waals surface area contributed by atoms with E-state index in [1.54, 1.807) is 0 Å². The number of benzene rings is 2. The molecule has 1 aromatic heterocycles. The van der Waals surface area contributed by atoms with Crippen molar-refractivity contribution in [2.75, 3.05) is 12.1 Å². The Labute approximate surface area is 151 Å². The number of H-pyrrole nitrogens is 1. The fraction of sp³-hybridized carbons (Fsp3) is 0.0556. The predicted octanol–water partition coefficient (Wildman–Crippen LogP) is 2.91. The standard InChI is InChI=1S/C18H15F3N4O2/c1-27-18(26)14(22)8-25(23)17-12-6-11(20)7-13(21)16(12)24-15(17)9-2-4-10(19)5-3-9/h2-8,24H,22-23H2,1H3/b14-8-. The van der Waals surface area contributed by atoms with Crippen LogP contribution < -0.4 is 16.6 Å². The average molecular weight is 376 g/mol. The highest BCUT2D eigenvalue weighted by molar-refractivity contribution is 6.02. The first-order valence-corrected chi connectivity index (χ1v) is 7.68. The number of hydrazine groups is 1. The number of anilines is 1. The van der Waals surface area contributed by atoms with E-state index in [1.165, 1.54) is 24.3 Å². The quantitative estimate of drug-likeness (QED) is 0.282. The summed E-state index contributed by atoms with van der Waals surface area (Å²) in [5.74, 6) is 3.05. The molecule has 6 nitrogen and oxygen atoms in total. The minimum absolute atomic E-state index is 0.00813. The summed E-state index contributed by atoms with van der Waals surface area (Å²) in [7, 11) is 1.14. The van der Waals surface area contributed by atoms with Crippen LogP contribution in [0.3, 0.4) is 0 Å². The van der Waals surface area contributed by atoms with E-state index in [-0.39, 0.29) is 28.0 Å². The van der Waals surface area contributed by atoms with Crippen LogP contribution in [0.2, 0.25) is 0 Å². The van der Waals surface area contributed by atoms with Crippen LogP contribution in [0.25, 0.3) is 22.2 Å². The molecule has 1 heterocycles. The van der Waals surface area contributed by atoms with E-state index in [9.17, 15) is 18.0 Å². The molecule has 0 unspecified atom stereocenters. The van der Waals surface area contributed by atoms with Crippen LogP contribution in [0.4, 0.5) is 18.9 Å². The van der Waals surface area contributed by atoms with Gasteiger partial charge < -0.3 is 15.5 Å². The molecule has 0 fully saturated rings. The van der Waals surface area contributed by atoms with Crippen molar-refractivity contribution in [3.63, 3.8) is 0 Å². The number of esters is 1. The van der Waals surface area contributed by atoms with Crippen LogP contribution in [-0.4, -0.2) is 18.1 Å². The van der Waals surface area contributed by atoms with Crippen molar-refractivity contribution in [3.05, 3.63) is 65.7 Å². The van der Waals surface area contributed by atoms with Crippen molar-refractivity contribution in [2.24, 2.45) is 11.6 Å². The fourth-order valence-electron chi connectivity index (χ4n) is 2.68. The Bertz CT molecular complexity index is 1040. The molecule has 0 radical (unpaired) electrons. The van der Waals surface area contributed by atoms with Gasteiger partial charge in [0.1, 0.15) is 23.1 Å². The van der Waals surface area contributed by atoms with Crippen molar-refractivity contribution in [3.8, 4) is 11.3 Å². The molecule has 0 aliphatic rings. The summed E-state index contributed by atoms with van der Waals surface area (Å²) < 4.78 is 45.7. The number of nitrogens with one attached hydrogen (secondary N) is 1. The van der Waals surface area contributed by atoms with E-state index in [0.717, 1.165) is 30.5 Å². The molecule has 3 rings (SSSR count). The predicted molar refractivity (Wildman–Crippen MR) is 94.6 cm³/mol. The molecule has 0 saturated heterocycles. The Balaban J connectivity index is 2.26. The molecule has 0 bridgehead atoms. The first-order chi connectivity index (χ1) is 12.8. The number of aromatic amines is 1. The van der Waals surface area contributed by atoms with Gasteiger partial charge in [0.05, 0.1) is 30.2 Å². The molecular weight excluding hydrogens is 361 g/mol. The van der Waals surface area contributed by atoms with E-state index in [4.69, 9.17) is 11.6 Å². The number of halogens is 3. The minimum Gasteiger partial charge on any atom is -0.464 e. The lowest BCUT2D eigenvalue weighted by molar-refractivity contribution is -0.136. The van der Waals surface area contributed by atoms with Gasteiger partial charge in [-0.1, -0.05) is 0 Å². The highest BCUT2D eigenvalue weighted by atomic mass is 19.1. The summed E-state index contributed by atoms with van der Waals surface area (Å²) in [5.41, 5.74) is 6.16. The number of fused-ring (bicyclic) bond motifs is 1. The second kappa shape index (κ2) is 7.04. The number of hydrogen-bond donors (Lipinski definition) is 3. The van der Waals surface area contributed by atoms with Crippen molar-refractivity contribution in [2.45, 2.75) is 0 Å². The van der Waals surface area contributed by atoms with E-state index in [2.05, 4.69) is 9.72 Å². The number of aromatic nitrogens is 1. The van der Waals surface area contributed by atoms with Gasteiger partial charge in [-0.15, -0.1) is 0 Å². The summed E-state index contributed by atoms with van der Waals surface area (Å²) in [6.45, 7) is 0. The second-order valence-electron chi connectivity index (χ2n) is 5.65. The lowest BCUT2D eigenvalue weighted by atomic mass is 10.1. The fourth-order valence-corrected chi connectivity index (χ4v) is 2.68. The summed E-state index contributed by atoms with van der Waals surface area (Å²) in [6.07, 6.45) is 1.06. The third-order valence-corrected chi connectivity index (χ3v) is 3.89. The van der Waals surface area contributed by atoms with Gasteiger partial charge >= 0.3 is 5.97 Å². The van der Waals surface area contributed by atoms with E-state index < -0.39 is 23.4 Å². The number of ether oxygens (including phenoxy) is 1. The Kier molecular flexibility index (Phi) is 4.78. The number of nitrogens with zero attached hydrogens (tertiary/aromatic N) is 1. The molecule has 140 valence electrons. The van der Waals surface area contributed by atoms with Crippen molar-refractivity contribution in [1.29, 1.82) is 0 Å². The third-order valence-electron chi connectivity index (χ3n) is 3.89. The molecule has 0 saturated carbocycles. The second-order valence-corrected chi connectivity index (χ2v) is 5.65. The molecule has 0 aliphatic heterocycles. The van der Waals surface area contributed by atoms with Gasteiger partial charge in [-0.3, -0.25) is 5.01 Å². The Morgan fingerprint density at radius 1 is 1.15 bits per heavy atom. The Hall–Kier alpha value is -3.46. The minimum atomic E-state index is -0.835. The van der Waals surface area contributed by atoms with Crippen molar-refractivity contribution in [1.82, 2.24) is 4.98 Å². The van der Waals surface area contributed by atoms with Crippen LogP contribution in [0, 0.1) is 17.5 Å². The maximum atomic E-state index is 14.2. The highest BCUT2D eigenvalue weighted by Crippen LogP contribution is 2.38. The molecule has 0 aliphatic carbocycles. The number of carbonyl (C=O) groups is 1. The van der Waals surface area contributed by atoms with Gasteiger partial charge in [-0.2, -0.15) is 0 Å². The van der Waals surface area contributed by atoms with Crippen molar-refractivity contribution >= 4 is 22.6 Å². The van der Waals surface area contributed by atoms with Gasteiger partial charge in [0, 0.05) is 17.0 Å². The molecule has 0 amide bonds. The maximum Gasteiger partial charge on any atom is 0.355 e. The zero-order chi connectivity index (χ0) is 19.7. The SMILES string of the molecule is COC(=O)/C(N)=C/N(N)c1c(-c2ccc(F)cc2)[nH]c2c(F)cc(F)cc12. The maximum absolute atomic E-state index is 14.2.